The van der Waals surface area contributed by atoms with Crippen molar-refractivity contribution in [3.63, 3.8) is 0 Å². The van der Waals surface area contributed by atoms with E-state index in [9.17, 15) is 4.79 Å². The molecule has 0 bridgehead atoms. The summed E-state index contributed by atoms with van der Waals surface area (Å²) < 4.78 is 1.69. The molecular formula is C19H23N5OS. The fraction of sp³-hybridized carbons (Fsp3) is 0.579. The van der Waals surface area contributed by atoms with Gasteiger partial charge in [0.15, 0.2) is 0 Å². The Morgan fingerprint density at radius 2 is 2.15 bits per heavy atom. The lowest BCUT2D eigenvalue weighted by Gasteiger charge is -2.39. The van der Waals surface area contributed by atoms with Gasteiger partial charge in [0.05, 0.1) is 17.9 Å². The lowest BCUT2D eigenvalue weighted by atomic mass is 10.00. The zero-order valence-corrected chi connectivity index (χ0v) is 15.6. The number of fused-ring (bicyclic) bond motifs is 1. The van der Waals surface area contributed by atoms with Crippen molar-refractivity contribution >= 4 is 11.8 Å². The molecule has 136 valence electrons. The van der Waals surface area contributed by atoms with Crippen LogP contribution in [0.1, 0.15) is 41.5 Å². The van der Waals surface area contributed by atoms with Gasteiger partial charge in [-0.2, -0.15) is 16.9 Å². The first-order valence-electron chi connectivity index (χ1n) is 9.46. The number of hydrogen-bond donors (Lipinski definition) is 0. The minimum atomic E-state index is 0.0505. The van der Waals surface area contributed by atoms with Crippen molar-refractivity contribution in [2.24, 2.45) is 5.92 Å². The summed E-state index contributed by atoms with van der Waals surface area (Å²) in [4.78, 5) is 23.8. The highest BCUT2D eigenvalue weighted by atomic mass is 32.2. The predicted molar refractivity (Wildman–Crippen MR) is 101 cm³/mol. The zero-order valence-electron chi connectivity index (χ0n) is 14.8. The third-order valence-electron chi connectivity index (χ3n) is 5.43. The van der Waals surface area contributed by atoms with E-state index >= 15 is 0 Å². The molecule has 1 aliphatic carbocycles. The minimum absolute atomic E-state index is 0.0505. The smallest absolute Gasteiger partial charge is 0.267 e. The molecule has 26 heavy (non-hydrogen) atoms. The molecule has 0 unspecified atom stereocenters. The largest absolute Gasteiger partial charge is 0.297 e. The highest BCUT2D eigenvalue weighted by Crippen LogP contribution is 2.37. The molecule has 6 nitrogen and oxygen atoms in total. The number of rotatable bonds is 5. The van der Waals surface area contributed by atoms with Crippen LogP contribution >= 0.6 is 11.8 Å². The maximum Gasteiger partial charge on any atom is 0.267 e. The van der Waals surface area contributed by atoms with Gasteiger partial charge in [-0.05, 0) is 30.2 Å². The van der Waals surface area contributed by atoms with Crippen molar-refractivity contribution < 1.29 is 0 Å². The lowest BCUT2D eigenvalue weighted by Crippen LogP contribution is -2.49. The second-order valence-corrected chi connectivity index (χ2v) is 8.78. The van der Waals surface area contributed by atoms with Gasteiger partial charge < -0.3 is 0 Å². The molecule has 0 radical (unpaired) electrons. The molecule has 0 amide bonds. The average molecular weight is 369 g/mol. The van der Waals surface area contributed by atoms with E-state index in [4.69, 9.17) is 4.98 Å². The quantitative estimate of drug-likeness (QED) is 0.801. The summed E-state index contributed by atoms with van der Waals surface area (Å²) in [5, 5.41) is 4.63. The standard InChI is InChI=1S/C19H23N5OS/c25-18-7-15-12-26-6-4-17(15)22-24(18)10-13-8-23(9-13)11-16-3-5-20-19(21-16)14-1-2-14/h3,5,7,13-14H,1-2,4,6,8-12H2. The lowest BCUT2D eigenvalue weighted by molar-refractivity contribution is 0.0751. The molecule has 1 saturated heterocycles. The van der Waals surface area contributed by atoms with E-state index < -0.39 is 0 Å². The highest BCUT2D eigenvalue weighted by molar-refractivity contribution is 7.98. The van der Waals surface area contributed by atoms with Gasteiger partial charge >= 0.3 is 0 Å². The highest BCUT2D eigenvalue weighted by Gasteiger charge is 2.30. The first-order valence-corrected chi connectivity index (χ1v) is 10.6. The van der Waals surface area contributed by atoms with Crippen LogP contribution in [0.5, 0.6) is 0 Å². The topological polar surface area (TPSA) is 63.9 Å². The van der Waals surface area contributed by atoms with Crippen LogP contribution < -0.4 is 5.56 Å². The molecule has 0 spiro atoms. The number of likely N-dealkylation sites (tertiary alicyclic amines) is 1. The van der Waals surface area contributed by atoms with E-state index in [0.717, 1.165) is 66.9 Å². The van der Waals surface area contributed by atoms with Crippen LogP contribution in [0.15, 0.2) is 23.1 Å². The van der Waals surface area contributed by atoms with Crippen LogP contribution in [0.25, 0.3) is 0 Å². The molecule has 2 fully saturated rings. The molecule has 2 aromatic rings. The predicted octanol–water partition coefficient (Wildman–Crippen LogP) is 1.83. The number of aromatic nitrogens is 4. The van der Waals surface area contributed by atoms with Crippen LogP contribution in [0.4, 0.5) is 0 Å². The second kappa shape index (κ2) is 6.78. The first kappa shape index (κ1) is 16.4. The summed E-state index contributed by atoms with van der Waals surface area (Å²) in [6.07, 6.45) is 5.34. The van der Waals surface area contributed by atoms with Gasteiger partial charge in [0.25, 0.3) is 5.56 Å². The van der Waals surface area contributed by atoms with E-state index in [1.165, 1.54) is 12.8 Å². The molecule has 0 aromatic carbocycles. The van der Waals surface area contributed by atoms with E-state index in [1.807, 2.05) is 24.0 Å². The molecule has 0 N–H and O–H groups in total. The van der Waals surface area contributed by atoms with E-state index in [-0.39, 0.29) is 5.56 Å². The summed E-state index contributed by atoms with van der Waals surface area (Å²) in [5.41, 5.74) is 3.41. The van der Waals surface area contributed by atoms with Crippen molar-refractivity contribution in [1.29, 1.82) is 0 Å². The minimum Gasteiger partial charge on any atom is -0.297 e. The van der Waals surface area contributed by atoms with E-state index in [1.54, 1.807) is 10.7 Å². The van der Waals surface area contributed by atoms with E-state index in [2.05, 4.69) is 15.0 Å². The van der Waals surface area contributed by atoms with E-state index in [0.29, 0.717) is 11.8 Å². The molecule has 5 rings (SSSR count). The van der Waals surface area contributed by atoms with Crippen LogP contribution in [0, 0.1) is 5.92 Å². The Kier molecular flexibility index (Phi) is 4.29. The third kappa shape index (κ3) is 3.42. The van der Waals surface area contributed by atoms with Gasteiger partial charge in [-0.3, -0.25) is 9.69 Å². The maximum absolute atomic E-state index is 12.3. The molecule has 2 aliphatic heterocycles. The molecule has 3 aliphatic rings. The molecular weight excluding hydrogens is 346 g/mol. The zero-order chi connectivity index (χ0) is 17.5. The van der Waals surface area contributed by atoms with Crippen LogP contribution in [-0.4, -0.2) is 43.5 Å². The van der Waals surface area contributed by atoms with Crippen molar-refractivity contribution in [2.45, 2.75) is 44.0 Å². The fourth-order valence-electron chi connectivity index (χ4n) is 3.82. The van der Waals surface area contributed by atoms with Crippen LogP contribution in [0.2, 0.25) is 0 Å². The van der Waals surface area contributed by atoms with Crippen molar-refractivity contribution in [3.05, 3.63) is 51.5 Å². The Labute approximate surface area is 157 Å². The average Bonchev–Trinajstić information content (AvgIpc) is 3.46. The van der Waals surface area contributed by atoms with Gasteiger partial charge in [0.1, 0.15) is 5.82 Å². The summed E-state index contributed by atoms with van der Waals surface area (Å²) >= 11 is 1.88. The third-order valence-corrected chi connectivity index (χ3v) is 6.44. The SMILES string of the molecule is O=c1cc2c(nn1CC1CN(Cc3ccnc(C4CC4)n3)C1)CCSC2. The molecule has 2 aromatic heterocycles. The van der Waals surface area contributed by atoms with Gasteiger partial charge in [-0.1, -0.05) is 0 Å². The van der Waals surface area contributed by atoms with Crippen molar-refractivity contribution in [1.82, 2.24) is 24.6 Å². The maximum atomic E-state index is 12.3. The van der Waals surface area contributed by atoms with Crippen LogP contribution in [-0.2, 0) is 25.3 Å². The normalized spacial score (nSPS) is 20.6. The first-order chi connectivity index (χ1) is 12.7. The number of aryl methyl sites for hydroxylation is 1. The summed E-state index contributed by atoms with van der Waals surface area (Å²) in [6, 6.07) is 3.82. The Balaban J connectivity index is 1.18. The van der Waals surface area contributed by atoms with Gasteiger partial charge in [0.2, 0.25) is 0 Å². The number of thioether (sulfide) groups is 1. The van der Waals surface area contributed by atoms with Gasteiger partial charge in [0, 0.05) is 55.9 Å². The van der Waals surface area contributed by atoms with Crippen molar-refractivity contribution in [3.8, 4) is 0 Å². The summed E-state index contributed by atoms with van der Waals surface area (Å²) in [5.74, 6) is 4.15. The van der Waals surface area contributed by atoms with Crippen molar-refractivity contribution in [2.75, 3.05) is 18.8 Å². The van der Waals surface area contributed by atoms with Gasteiger partial charge in [-0.25, -0.2) is 14.6 Å². The summed E-state index contributed by atoms with van der Waals surface area (Å²) in [6.45, 7) is 3.61. The Morgan fingerprint density at radius 3 is 3.00 bits per heavy atom. The van der Waals surface area contributed by atoms with Gasteiger partial charge in [-0.15, -0.1) is 0 Å². The van der Waals surface area contributed by atoms with Crippen LogP contribution in [0.3, 0.4) is 0 Å². The fourth-order valence-corrected chi connectivity index (χ4v) is 4.77. The molecule has 0 atom stereocenters. The second-order valence-electron chi connectivity index (χ2n) is 7.68. The number of nitrogens with zero attached hydrogens (tertiary/aromatic N) is 5. The molecule has 4 heterocycles. The Bertz CT molecular complexity index is 872. The monoisotopic (exact) mass is 369 g/mol. The Hall–Kier alpha value is -1.73. The molecule has 7 heteroatoms. The summed E-state index contributed by atoms with van der Waals surface area (Å²) in [7, 11) is 0. The number of hydrogen-bond acceptors (Lipinski definition) is 6. The Morgan fingerprint density at radius 1 is 1.27 bits per heavy atom. The molecule has 1 saturated carbocycles.